The Balaban J connectivity index is 2.53. The molecule has 104 valence electrons. The third-order valence-electron chi connectivity index (χ3n) is 2.76. The van der Waals surface area contributed by atoms with Gasteiger partial charge < -0.3 is 9.47 Å². The number of benzene rings is 1. The second-order valence-electron chi connectivity index (χ2n) is 4.63. The van der Waals surface area contributed by atoms with Crippen molar-refractivity contribution in [3.63, 3.8) is 0 Å². The van der Waals surface area contributed by atoms with Gasteiger partial charge in [-0.3, -0.25) is 4.79 Å². The molecule has 20 heavy (non-hydrogen) atoms. The van der Waals surface area contributed by atoms with E-state index in [1.807, 2.05) is 32.0 Å². The number of aldehydes is 1. The van der Waals surface area contributed by atoms with Crippen molar-refractivity contribution in [1.29, 1.82) is 0 Å². The van der Waals surface area contributed by atoms with E-state index in [9.17, 15) is 4.79 Å². The van der Waals surface area contributed by atoms with Crippen LogP contribution in [0.5, 0.6) is 11.6 Å². The van der Waals surface area contributed by atoms with Crippen LogP contribution in [0.25, 0.3) is 11.1 Å². The zero-order valence-electron chi connectivity index (χ0n) is 11.8. The highest BCUT2D eigenvalue weighted by atomic mass is 16.5. The lowest BCUT2D eigenvalue weighted by molar-refractivity contribution is 0.112. The number of hydrogen-bond acceptors (Lipinski definition) is 4. The average molecular weight is 271 g/mol. The summed E-state index contributed by atoms with van der Waals surface area (Å²) in [5.74, 6) is 1.26. The summed E-state index contributed by atoms with van der Waals surface area (Å²) in [6.07, 6.45) is 2.54. The van der Waals surface area contributed by atoms with Gasteiger partial charge in [0.1, 0.15) is 12.0 Å². The average Bonchev–Trinajstić information content (AvgIpc) is 2.47. The Hall–Kier alpha value is -2.36. The largest absolute Gasteiger partial charge is 0.490 e. The highest BCUT2D eigenvalue weighted by molar-refractivity contribution is 5.81. The van der Waals surface area contributed by atoms with Crippen LogP contribution in [0.15, 0.2) is 36.5 Å². The van der Waals surface area contributed by atoms with Crippen LogP contribution in [-0.2, 0) is 0 Å². The van der Waals surface area contributed by atoms with E-state index in [1.165, 1.54) is 0 Å². The van der Waals surface area contributed by atoms with Crippen molar-refractivity contribution in [2.75, 3.05) is 7.11 Å². The van der Waals surface area contributed by atoms with E-state index in [-0.39, 0.29) is 6.10 Å². The molecule has 0 spiro atoms. The normalized spacial score (nSPS) is 10.4. The lowest BCUT2D eigenvalue weighted by Gasteiger charge is -2.15. The predicted octanol–water partition coefficient (Wildman–Crippen LogP) is 3.36. The molecule has 0 unspecified atom stereocenters. The molecule has 0 aliphatic rings. The topological polar surface area (TPSA) is 48.4 Å². The molecule has 2 rings (SSSR count). The fourth-order valence-electron chi connectivity index (χ4n) is 1.89. The van der Waals surface area contributed by atoms with Gasteiger partial charge >= 0.3 is 0 Å². The molecular formula is C16H17NO3. The zero-order valence-corrected chi connectivity index (χ0v) is 11.8. The van der Waals surface area contributed by atoms with Gasteiger partial charge in [0.15, 0.2) is 0 Å². The van der Waals surface area contributed by atoms with Crippen LogP contribution in [0.1, 0.15) is 24.2 Å². The summed E-state index contributed by atoms with van der Waals surface area (Å²) in [5, 5.41) is 0. The summed E-state index contributed by atoms with van der Waals surface area (Å²) >= 11 is 0. The molecule has 0 aliphatic carbocycles. The number of methoxy groups -OCH3 is 1. The Bertz CT molecular complexity index is 608. The highest BCUT2D eigenvalue weighted by Gasteiger charge is 2.10. The first kappa shape index (κ1) is 14.1. The van der Waals surface area contributed by atoms with Gasteiger partial charge in [0.25, 0.3) is 0 Å². The van der Waals surface area contributed by atoms with Crippen LogP contribution in [0.2, 0.25) is 0 Å². The number of ether oxygens (including phenoxy) is 2. The van der Waals surface area contributed by atoms with Crippen LogP contribution in [-0.4, -0.2) is 24.5 Å². The predicted molar refractivity (Wildman–Crippen MR) is 77.4 cm³/mol. The van der Waals surface area contributed by atoms with Gasteiger partial charge in [0.2, 0.25) is 5.88 Å². The molecule has 0 amide bonds. The van der Waals surface area contributed by atoms with Gasteiger partial charge in [0, 0.05) is 23.4 Å². The number of hydrogen-bond donors (Lipinski definition) is 0. The summed E-state index contributed by atoms with van der Waals surface area (Å²) in [4.78, 5) is 15.1. The van der Waals surface area contributed by atoms with Crippen molar-refractivity contribution >= 4 is 6.29 Å². The Labute approximate surface area is 118 Å². The van der Waals surface area contributed by atoms with Gasteiger partial charge in [-0.15, -0.1) is 0 Å². The Morgan fingerprint density at radius 1 is 1.20 bits per heavy atom. The number of carbonyl (C=O) groups excluding carboxylic acids is 1. The first-order valence-corrected chi connectivity index (χ1v) is 6.40. The van der Waals surface area contributed by atoms with Crippen LogP contribution in [0, 0.1) is 0 Å². The van der Waals surface area contributed by atoms with E-state index in [2.05, 4.69) is 4.98 Å². The molecule has 0 fully saturated rings. The molecule has 4 nitrogen and oxygen atoms in total. The Morgan fingerprint density at radius 2 is 2.00 bits per heavy atom. The van der Waals surface area contributed by atoms with Gasteiger partial charge in [-0.2, -0.15) is 0 Å². The number of aromatic nitrogens is 1. The van der Waals surface area contributed by atoms with Crippen molar-refractivity contribution in [3.8, 4) is 22.8 Å². The molecule has 0 bridgehead atoms. The first-order chi connectivity index (χ1) is 9.63. The van der Waals surface area contributed by atoms with E-state index < -0.39 is 0 Å². The summed E-state index contributed by atoms with van der Waals surface area (Å²) in [6, 6.07) is 9.04. The summed E-state index contributed by atoms with van der Waals surface area (Å²) < 4.78 is 10.9. The van der Waals surface area contributed by atoms with E-state index in [0.29, 0.717) is 11.4 Å². The minimum absolute atomic E-state index is 0.0552. The number of rotatable bonds is 5. The van der Waals surface area contributed by atoms with Gasteiger partial charge in [-0.1, -0.05) is 0 Å². The van der Waals surface area contributed by atoms with Crippen LogP contribution in [0.3, 0.4) is 0 Å². The fraction of sp³-hybridized carbons (Fsp3) is 0.250. The molecule has 4 heteroatoms. The van der Waals surface area contributed by atoms with Crippen LogP contribution >= 0.6 is 0 Å². The molecular weight excluding hydrogens is 254 g/mol. The van der Waals surface area contributed by atoms with Crippen LogP contribution in [0.4, 0.5) is 0 Å². The van der Waals surface area contributed by atoms with Gasteiger partial charge in [-0.25, -0.2) is 4.98 Å². The molecule has 0 saturated heterocycles. The SMILES string of the molecule is COc1cc(-c2cc(C=O)ccc2OC(C)C)ccn1. The van der Waals surface area contributed by atoms with Crippen molar-refractivity contribution in [2.24, 2.45) is 0 Å². The van der Waals surface area contributed by atoms with E-state index in [0.717, 1.165) is 23.2 Å². The third-order valence-corrected chi connectivity index (χ3v) is 2.76. The Kier molecular flexibility index (Phi) is 4.35. The molecule has 1 heterocycles. The lowest BCUT2D eigenvalue weighted by Crippen LogP contribution is -2.06. The number of nitrogens with zero attached hydrogens (tertiary/aromatic N) is 1. The maximum atomic E-state index is 11.0. The van der Waals surface area contributed by atoms with E-state index in [1.54, 1.807) is 25.4 Å². The first-order valence-electron chi connectivity index (χ1n) is 6.40. The maximum Gasteiger partial charge on any atom is 0.213 e. The zero-order chi connectivity index (χ0) is 14.5. The second kappa shape index (κ2) is 6.19. The molecule has 1 aromatic carbocycles. The molecule has 0 radical (unpaired) electrons. The standard InChI is InChI=1S/C16H17NO3/c1-11(2)20-15-5-4-12(10-18)8-14(15)13-6-7-17-16(9-13)19-3/h4-11H,1-3H3. The van der Waals surface area contributed by atoms with Crippen molar-refractivity contribution in [2.45, 2.75) is 20.0 Å². The van der Waals surface area contributed by atoms with E-state index >= 15 is 0 Å². The van der Waals surface area contributed by atoms with Crippen molar-refractivity contribution < 1.29 is 14.3 Å². The van der Waals surface area contributed by atoms with Crippen molar-refractivity contribution in [3.05, 3.63) is 42.1 Å². The van der Waals surface area contributed by atoms with E-state index in [4.69, 9.17) is 9.47 Å². The summed E-state index contributed by atoms with van der Waals surface area (Å²) in [5.41, 5.74) is 2.35. The molecule has 0 saturated carbocycles. The lowest BCUT2D eigenvalue weighted by atomic mass is 10.0. The maximum absolute atomic E-state index is 11.0. The highest BCUT2D eigenvalue weighted by Crippen LogP contribution is 2.32. The molecule has 2 aromatic rings. The molecule has 0 N–H and O–H groups in total. The summed E-state index contributed by atoms with van der Waals surface area (Å²) in [6.45, 7) is 3.93. The molecule has 0 atom stereocenters. The van der Waals surface area contributed by atoms with Gasteiger partial charge in [0.05, 0.1) is 13.2 Å². The smallest absolute Gasteiger partial charge is 0.213 e. The third kappa shape index (κ3) is 3.15. The summed E-state index contributed by atoms with van der Waals surface area (Å²) in [7, 11) is 1.57. The monoisotopic (exact) mass is 271 g/mol. The van der Waals surface area contributed by atoms with Crippen LogP contribution < -0.4 is 9.47 Å². The second-order valence-corrected chi connectivity index (χ2v) is 4.63. The number of carbonyl (C=O) groups is 1. The minimum atomic E-state index is 0.0552. The minimum Gasteiger partial charge on any atom is -0.490 e. The quantitative estimate of drug-likeness (QED) is 0.782. The molecule has 0 aliphatic heterocycles. The molecule has 1 aromatic heterocycles. The van der Waals surface area contributed by atoms with Crippen molar-refractivity contribution in [1.82, 2.24) is 4.98 Å². The number of pyridine rings is 1. The fourth-order valence-corrected chi connectivity index (χ4v) is 1.89. The Morgan fingerprint density at radius 3 is 2.65 bits per heavy atom. The van der Waals surface area contributed by atoms with Gasteiger partial charge in [-0.05, 0) is 43.7 Å².